The zero-order valence-corrected chi connectivity index (χ0v) is 22.3. The predicted octanol–water partition coefficient (Wildman–Crippen LogP) is 5.83. The maximum atomic E-state index is 13.1. The summed E-state index contributed by atoms with van der Waals surface area (Å²) in [5.41, 5.74) is 4.64. The zero-order valence-electron chi connectivity index (χ0n) is 20.7. The van der Waals surface area contributed by atoms with Crippen molar-refractivity contribution in [3.8, 4) is 0 Å². The van der Waals surface area contributed by atoms with Crippen LogP contribution in [0.3, 0.4) is 0 Å². The van der Waals surface area contributed by atoms with Crippen molar-refractivity contribution in [3.05, 3.63) is 72.3 Å². The molecule has 1 aliphatic carbocycles. The quantitative estimate of drug-likeness (QED) is 0.376. The number of hydrogen-bond donors (Lipinski definition) is 3. The molecule has 2 heterocycles. The van der Waals surface area contributed by atoms with Gasteiger partial charge in [-0.15, -0.1) is 24.8 Å². The number of amides is 3. The number of imidazole rings is 1. The molecule has 5 rings (SSSR count). The van der Waals surface area contributed by atoms with Gasteiger partial charge in [-0.05, 0) is 42.7 Å². The highest BCUT2D eigenvalue weighted by molar-refractivity contribution is 5.93. The van der Waals surface area contributed by atoms with Gasteiger partial charge in [-0.3, -0.25) is 4.79 Å². The standard InChI is InChI=1S/C27H32N6O2.2ClH/c34-26(20-7-3-1-4-8-20)30-23-12-11-21-17-33(27(35)31-22-9-5-2-6-10-22)14-13-32(25(21)15-23)18-24-16-28-19-29-24;;/h2,5-6,9-12,15-16,19-20H,1,3-4,7-8,13-14,17-18H2,(H,28,29)(H,30,34)(H,31,35);2*1H. The molecule has 0 unspecified atom stereocenters. The molecule has 1 aromatic heterocycles. The molecule has 0 atom stereocenters. The molecule has 1 fully saturated rings. The number of rotatable bonds is 5. The Bertz CT molecular complexity index is 1150. The lowest BCUT2D eigenvalue weighted by Gasteiger charge is -2.25. The third-order valence-electron chi connectivity index (χ3n) is 6.90. The van der Waals surface area contributed by atoms with Crippen LogP contribution in [0.25, 0.3) is 0 Å². The molecule has 3 N–H and O–H groups in total. The lowest BCUT2D eigenvalue weighted by Crippen LogP contribution is -2.37. The summed E-state index contributed by atoms with van der Waals surface area (Å²) in [4.78, 5) is 37.3. The fraction of sp³-hybridized carbons (Fsp3) is 0.370. The van der Waals surface area contributed by atoms with Gasteiger partial charge in [0.2, 0.25) is 5.91 Å². The first-order chi connectivity index (χ1) is 17.2. The predicted molar refractivity (Wildman–Crippen MR) is 152 cm³/mol. The topological polar surface area (TPSA) is 93.4 Å². The second kappa shape index (κ2) is 13.4. The number of nitrogens with zero attached hydrogens (tertiary/aromatic N) is 3. The number of anilines is 3. The van der Waals surface area contributed by atoms with Crippen LogP contribution < -0.4 is 15.5 Å². The van der Waals surface area contributed by atoms with Gasteiger partial charge in [0.1, 0.15) is 0 Å². The number of fused-ring (bicyclic) bond motifs is 1. The number of hydrogen-bond acceptors (Lipinski definition) is 4. The molecule has 0 spiro atoms. The molecule has 0 saturated heterocycles. The normalized spacial score (nSPS) is 15.5. The fourth-order valence-electron chi connectivity index (χ4n) is 4.96. The summed E-state index contributed by atoms with van der Waals surface area (Å²) in [5, 5.41) is 6.15. The number of halogens is 2. The molecular weight excluding hydrogens is 511 g/mol. The van der Waals surface area contributed by atoms with Gasteiger partial charge in [-0.2, -0.15) is 0 Å². The van der Waals surface area contributed by atoms with Crippen molar-refractivity contribution in [3.63, 3.8) is 0 Å². The molecule has 0 bridgehead atoms. The fourth-order valence-corrected chi connectivity index (χ4v) is 4.96. The zero-order chi connectivity index (χ0) is 24.0. The average molecular weight is 546 g/mol. The summed E-state index contributed by atoms with van der Waals surface area (Å²) >= 11 is 0. The molecule has 3 amide bonds. The highest BCUT2D eigenvalue weighted by atomic mass is 35.5. The van der Waals surface area contributed by atoms with E-state index in [9.17, 15) is 9.59 Å². The summed E-state index contributed by atoms with van der Waals surface area (Å²) in [5.74, 6) is 0.211. The Kier molecular flexibility index (Phi) is 10.2. The summed E-state index contributed by atoms with van der Waals surface area (Å²) in [6.07, 6.45) is 8.90. The van der Waals surface area contributed by atoms with Crippen LogP contribution in [0.2, 0.25) is 0 Å². The average Bonchev–Trinajstić information content (AvgIpc) is 3.33. The Balaban J connectivity index is 0.00000190. The number of urea groups is 1. The van der Waals surface area contributed by atoms with Gasteiger partial charge in [-0.25, -0.2) is 9.78 Å². The van der Waals surface area contributed by atoms with E-state index in [4.69, 9.17) is 0 Å². The lowest BCUT2D eigenvalue weighted by molar-refractivity contribution is -0.120. The molecule has 8 nitrogen and oxygen atoms in total. The highest BCUT2D eigenvalue weighted by Gasteiger charge is 2.25. The molecule has 1 aliphatic heterocycles. The van der Waals surface area contributed by atoms with Crippen LogP contribution in [0.5, 0.6) is 0 Å². The first-order valence-corrected chi connectivity index (χ1v) is 12.4. The van der Waals surface area contributed by atoms with E-state index in [1.54, 1.807) is 6.33 Å². The van der Waals surface area contributed by atoms with Crippen molar-refractivity contribution in [2.24, 2.45) is 5.92 Å². The van der Waals surface area contributed by atoms with Crippen LogP contribution in [-0.2, 0) is 17.9 Å². The minimum Gasteiger partial charge on any atom is -0.364 e. The third-order valence-corrected chi connectivity index (χ3v) is 6.90. The molecule has 37 heavy (non-hydrogen) atoms. The number of benzene rings is 2. The van der Waals surface area contributed by atoms with Crippen LogP contribution in [0.15, 0.2) is 61.1 Å². The van der Waals surface area contributed by atoms with Crippen LogP contribution in [0.4, 0.5) is 21.9 Å². The molecule has 3 aromatic rings. The van der Waals surface area contributed by atoms with Gasteiger partial charge >= 0.3 is 6.03 Å². The highest BCUT2D eigenvalue weighted by Crippen LogP contribution is 2.31. The van der Waals surface area contributed by atoms with Crippen LogP contribution in [0.1, 0.15) is 43.4 Å². The van der Waals surface area contributed by atoms with E-state index in [1.807, 2.05) is 59.6 Å². The molecule has 0 radical (unpaired) electrons. The van der Waals surface area contributed by atoms with E-state index in [-0.39, 0.29) is 42.7 Å². The minimum atomic E-state index is -0.125. The minimum absolute atomic E-state index is 0. The molecule has 2 aromatic carbocycles. The maximum Gasteiger partial charge on any atom is 0.322 e. The number of para-hydroxylation sites is 1. The monoisotopic (exact) mass is 544 g/mol. The summed E-state index contributed by atoms with van der Waals surface area (Å²) < 4.78 is 0. The first kappa shape index (κ1) is 28.3. The van der Waals surface area contributed by atoms with Crippen LogP contribution in [-0.4, -0.2) is 39.9 Å². The lowest BCUT2D eigenvalue weighted by atomic mass is 9.88. The smallest absolute Gasteiger partial charge is 0.322 e. The Hall–Kier alpha value is -3.23. The van der Waals surface area contributed by atoms with Gasteiger partial charge in [0.25, 0.3) is 0 Å². The molecule has 1 saturated carbocycles. The van der Waals surface area contributed by atoms with Crippen LogP contribution >= 0.6 is 24.8 Å². The van der Waals surface area contributed by atoms with Crippen LogP contribution in [0, 0.1) is 5.92 Å². The van der Waals surface area contributed by atoms with Crippen molar-refractivity contribution < 1.29 is 9.59 Å². The van der Waals surface area contributed by atoms with Gasteiger partial charge < -0.3 is 25.4 Å². The second-order valence-electron chi connectivity index (χ2n) is 9.38. The number of H-pyrrole nitrogens is 1. The third kappa shape index (κ3) is 7.17. The number of aromatic amines is 1. The number of aromatic nitrogens is 2. The summed E-state index contributed by atoms with van der Waals surface area (Å²) in [6.45, 7) is 2.37. The number of carbonyl (C=O) groups excluding carboxylic acids is 2. The van der Waals surface area contributed by atoms with E-state index in [1.165, 1.54) is 6.42 Å². The van der Waals surface area contributed by atoms with Gasteiger partial charge in [0, 0.05) is 48.8 Å². The Morgan fingerprint density at radius 3 is 2.46 bits per heavy atom. The molecule has 10 heteroatoms. The Morgan fingerprint density at radius 2 is 1.73 bits per heavy atom. The van der Waals surface area contributed by atoms with Crippen molar-refractivity contribution in [1.82, 2.24) is 14.9 Å². The Morgan fingerprint density at radius 1 is 0.946 bits per heavy atom. The molecule has 2 aliphatic rings. The second-order valence-corrected chi connectivity index (χ2v) is 9.38. The largest absolute Gasteiger partial charge is 0.364 e. The van der Waals surface area contributed by atoms with E-state index in [0.29, 0.717) is 26.2 Å². The van der Waals surface area contributed by atoms with E-state index in [0.717, 1.165) is 54.0 Å². The van der Waals surface area contributed by atoms with E-state index >= 15 is 0 Å². The Labute approximate surface area is 230 Å². The van der Waals surface area contributed by atoms with Gasteiger partial charge in [0.05, 0.1) is 18.6 Å². The van der Waals surface area contributed by atoms with Gasteiger partial charge in [-0.1, -0.05) is 43.5 Å². The first-order valence-electron chi connectivity index (χ1n) is 12.4. The number of carbonyl (C=O) groups is 2. The van der Waals surface area contributed by atoms with Crippen molar-refractivity contribution in [2.75, 3.05) is 28.6 Å². The SMILES string of the molecule is Cl.Cl.O=C(Nc1ccc2c(c1)N(Cc1cnc[nH]1)CCN(C(=O)Nc1ccccc1)C2)C1CCCCC1. The van der Waals surface area contributed by atoms with E-state index in [2.05, 4.69) is 25.5 Å². The van der Waals surface area contributed by atoms with Crippen molar-refractivity contribution >= 4 is 53.8 Å². The van der Waals surface area contributed by atoms with E-state index < -0.39 is 0 Å². The maximum absolute atomic E-state index is 13.1. The van der Waals surface area contributed by atoms with Gasteiger partial charge in [0.15, 0.2) is 0 Å². The van der Waals surface area contributed by atoms with Crippen molar-refractivity contribution in [2.45, 2.75) is 45.2 Å². The number of nitrogens with one attached hydrogen (secondary N) is 3. The summed E-state index contributed by atoms with van der Waals surface area (Å²) in [7, 11) is 0. The van der Waals surface area contributed by atoms with Crippen molar-refractivity contribution in [1.29, 1.82) is 0 Å². The molecular formula is C27H34Cl2N6O2. The molecule has 198 valence electrons. The summed E-state index contributed by atoms with van der Waals surface area (Å²) in [6, 6.07) is 15.4.